The van der Waals surface area contributed by atoms with Crippen molar-refractivity contribution in [1.29, 1.82) is 0 Å². The average Bonchev–Trinajstić information content (AvgIpc) is 3.06. The number of fused-ring (bicyclic) bond motifs is 1. The van der Waals surface area contributed by atoms with Gasteiger partial charge in [-0.25, -0.2) is 0 Å². The molecule has 1 heterocycles. The molecule has 4 heteroatoms. The molecule has 0 aliphatic rings. The number of benzene rings is 2. The molecule has 120 valence electrons. The fourth-order valence-electron chi connectivity index (χ4n) is 2.37. The minimum absolute atomic E-state index is 0.140. The molecular formula is C19H20ClNOS. The lowest BCUT2D eigenvalue weighted by Crippen LogP contribution is -2.44. The molecule has 2 nitrogen and oxygen atoms in total. The first kappa shape index (κ1) is 16.3. The van der Waals surface area contributed by atoms with E-state index in [4.69, 9.17) is 16.3 Å². The van der Waals surface area contributed by atoms with Gasteiger partial charge in [0.1, 0.15) is 12.4 Å². The molecule has 2 aromatic carbocycles. The standard InChI is InChI=1S/C19H20ClNOS/c1-19(2,21-12-15-7-5-11-23-15)13-22-17-10-9-14-6-3-4-8-16(14)18(17)20/h3-11,21H,12-13H2,1-2H3. The van der Waals surface area contributed by atoms with Crippen molar-refractivity contribution in [2.24, 2.45) is 0 Å². The van der Waals surface area contributed by atoms with Gasteiger partial charge in [-0.1, -0.05) is 48.0 Å². The van der Waals surface area contributed by atoms with Crippen LogP contribution >= 0.6 is 22.9 Å². The summed E-state index contributed by atoms with van der Waals surface area (Å²) in [6.07, 6.45) is 0. The molecular weight excluding hydrogens is 326 g/mol. The normalized spacial score (nSPS) is 11.8. The van der Waals surface area contributed by atoms with E-state index >= 15 is 0 Å². The van der Waals surface area contributed by atoms with E-state index in [0.29, 0.717) is 11.6 Å². The third kappa shape index (κ3) is 4.05. The summed E-state index contributed by atoms with van der Waals surface area (Å²) in [6.45, 7) is 5.67. The highest BCUT2D eigenvalue weighted by Crippen LogP contribution is 2.33. The molecule has 0 aliphatic carbocycles. The summed E-state index contributed by atoms with van der Waals surface area (Å²) in [5.74, 6) is 0.733. The maximum absolute atomic E-state index is 6.48. The lowest BCUT2D eigenvalue weighted by atomic mass is 10.1. The Kier molecular flexibility index (Phi) is 4.90. The molecule has 0 bridgehead atoms. The highest BCUT2D eigenvalue weighted by molar-refractivity contribution is 7.09. The van der Waals surface area contributed by atoms with Crippen LogP contribution in [-0.4, -0.2) is 12.1 Å². The monoisotopic (exact) mass is 345 g/mol. The molecule has 0 unspecified atom stereocenters. The molecule has 0 spiro atoms. The van der Waals surface area contributed by atoms with Gasteiger partial charge in [-0.2, -0.15) is 0 Å². The summed E-state index contributed by atoms with van der Waals surface area (Å²) in [5, 5.41) is 8.45. The summed E-state index contributed by atoms with van der Waals surface area (Å²) in [6, 6.07) is 16.3. The van der Waals surface area contributed by atoms with Crippen molar-refractivity contribution < 1.29 is 4.74 Å². The second kappa shape index (κ2) is 6.91. The summed E-state index contributed by atoms with van der Waals surface area (Å²) in [7, 11) is 0. The first-order valence-corrected chi connectivity index (χ1v) is 8.88. The fraction of sp³-hybridized carbons (Fsp3) is 0.263. The highest BCUT2D eigenvalue weighted by Gasteiger charge is 2.19. The quantitative estimate of drug-likeness (QED) is 0.636. The minimum Gasteiger partial charge on any atom is -0.490 e. The van der Waals surface area contributed by atoms with Crippen LogP contribution in [0, 0.1) is 0 Å². The van der Waals surface area contributed by atoms with E-state index in [0.717, 1.165) is 23.1 Å². The molecule has 0 radical (unpaired) electrons. The van der Waals surface area contributed by atoms with Gasteiger partial charge < -0.3 is 10.1 Å². The Hall–Kier alpha value is -1.55. The molecule has 1 aromatic heterocycles. The minimum atomic E-state index is -0.140. The van der Waals surface area contributed by atoms with Crippen molar-refractivity contribution in [2.75, 3.05) is 6.61 Å². The zero-order chi connectivity index (χ0) is 16.3. The molecule has 0 saturated carbocycles. The SMILES string of the molecule is CC(C)(COc1ccc2ccccc2c1Cl)NCc1cccs1. The first-order valence-electron chi connectivity index (χ1n) is 7.63. The van der Waals surface area contributed by atoms with Crippen LogP contribution in [0.2, 0.25) is 5.02 Å². The van der Waals surface area contributed by atoms with Crippen LogP contribution in [0.3, 0.4) is 0 Å². The smallest absolute Gasteiger partial charge is 0.138 e. The van der Waals surface area contributed by atoms with Crippen LogP contribution < -0.4 is 10.1 Å². The maximum atomic E-state index is 6.48. The van der Waals surface area contributed by atoms with E-state index in [2.05, 4.69) is 42.7 Å². The average molecular weight is 346 g/mol. The predicted molar refractivity (Wildman–Crippen MR) is 99.7 cm³/mol. The van der Waals surface area contributed by atoms with Gasteiger partial charge in [-0.15, -0.1) is 11.3 Å². The van der Waals surface area contributed by atoms with Crippen molar-refractivity contribution >= 4 is 33.7 Å². The van der Waals surface area contributed by atoms with E-state index in [-0.39, 0.29) is 5.54 Å². The molecule has 0 amide bonds. The number of halogens is 1. The molecule has 23 heavy (non-hydrogen) atoms. The number of ether oxygens (including phenoxy) is 1. The Balaban J connectivity index is 1.66. The lowest BCUT2D eigenvalue weighted by Gasteiger charge is -2.26. The van der Waals surface area contributed by atoms with Crippen LogP contribution in [-0.2, 0) is 6.54 Å². The third-order valence-electron chi connectivity index (χ3n) is 3.74. The predicted octanol–water partition coefficient (Wildman–Crippen LogP) is 5.50. The van der Waals surface area contributed by atoms with Gasteiger partial charge in [0.05, 0.1) is 5.02 Å². The largest absolute Gasteiger partial charge is 0.490 e. The third-order valence-corrected chi connectivity index (χ3v) is 5.00. The molecule has 0 saturated heterocycles. The summed E-state index contributed by atoms with van der Waals surface area (Å²) < 4.78 is 5.99. The van der Waals surface area contributed by atoms with Crippen LogP contribution in [0.25, 0.3) is 10.8 Å². The Labute approximate surface area is 146 Å². The van der Waals surface area contributed by atoms with E-state index < -0.39 is 0 Å². The zero-order valence-electron chi connectivity index (χ0n) is 13.3. The van der Waals surface area contributed by atoms with Crippen LogP contribution in [0.4, 0.5) is 0 Å². The van der Waals surface area contributed by atoms with Crippen LogP contribution in [0.15, 0.2) is 53.9 Å². The number of hydrogen-bond donors (Lipinski definition) is 1. The second-order valence-electron chi connectivity index (χ2n) is 6.20. The van der Waals surface area contributed by atoms with Crippen molar-refractivity contribution in [3.63, 3.8) is 0 Å². The lowest BCUT2D eigenvalue weighted by molar-refractivity contribution is 0.208. The Morgan fingerprint density at radius 2 is 1.91 bits per heavy atom. The number of nitrogens with one attached hydrogen (secondary N) is 1. The first-order chi connectivity index (χ1) is 11.1. The molecule has 0 fully saturated rings. The topological polar surface area (TPSA) is 21.3 Å². The fourth-order valence-corrected chi connectivity index (χ4v) is 3.31. The van der Waals surface area contributed by atoms with Crippen LogP contribution in [0.1, 0.15) is 18.7 Å². The van der Waals surface area contributed by atoms with Gasteiger partial charge in [0, 0.05) is 22.3 Å². The molecule has 1 N–H and O–H groups in total. The summed E-state index contributed by atoms with van der Waals surface area (Å²) in [4.78, 5) is 1.32. The van der Waals surface area contributed by atoms with E-state index in [1.165, 1.54) is 4.88 Å². The molecule has 0 atom stereocenters. The van der Waals surface area contributed by atoms with Gasteiger partial charge in [-0.3, -0.25) is 0 Å². The van der Waals surface area contributed by atoms with Gasteiger partial charge in [-0.05, 0) is 36.7 Å². The van der Waals surface area contributed by atoms with E-state index in [1.807, 2.05) is 30.3 Å². The van der Waals surface area contributed by atoms with Gasteiger partial charge in [0.2, 0.25) is 0 Å². The van der Waals surface area contributed by atoms with E-state index in [9.17, 15) is 0 Å². The number of hydrogen-bond acceptors (Lipinski definition) is 3. The van der Waals surface area contributed by atoms with Crippen molar-refractivity contribution in [3.05, 3.63) is 63.8 Å². The second-order valence-corrected chi connectivity index (χ2v) is 7.61. The number of rotatable bonds is 6. The Bertz CT molecular complexity index is 783. The number of thiophene rings is 1. The Morgan fingerprint density at radius 3 is 2.70 bits per heavy atom. The summed E-state index contributed by atoms with van der Waals surface area (Å²) in [5.41, 5.74) is -0.140. The highest BCUT2D eigenvalue weighted by atomic mass is 35.5. The van der Waals surface area contributed by atoms with Crippen molar-refractivity contribution in [2.45, 2.75) is 25.9 Å². The molecule has 3 rings (SSSR count). The molecule has 3 aromatic rings. The van der Waals surface area contributed by atoms with Gasteiger partial charge in [0.15, 0.2) is 0 Å². The zero-order valence-corrected chi connectivity index (χ0v) is 14.9. The van der Waals surface area contributed by atoms with E-state index in [1.54, 1.807) is 11.3 Å². The van der Waals surface area contributed by atoms with Crippen LogP contribution in [0.5, 0.6) is 5.75 Å². The van der Waals surface area contributed by atoms with Crippen molar-refractivity contribution in [3.8, 4) is 5.75 Å². The summed E-state index contributed by atoms with van der Waals surface area (Å²) >= 11 is 8.24. The maximum Gasteiger partial charge on any atom is 0.138 e. The van der Waals surface area contributed by atoms with Gasteiger partial charge in [0.25, 0.3) is 0 Å². The Morgan fingerprint density at radius 1 is 1.09 bits per heavy atom. The molecule has 0 aliphatic heterocycles. The van der Waals surface area contributed by atoms with Crippen molar-refractivity contribution in [1.82, 2.24) is 5.32 Å². The van der Waals surface area contributed by atoms with Gasteiger partial charge >= 0.3 is 0 Å².